The van der Waals surface area contributed by atoms with E-state index in [1.165, 1.54) is 80.0 Å². The highest BCUT2D eigenvalue weighted by molar-refractivity contribution is 5.43. The second-order valence-electron chi connectivity index (χ2n) is 21.4. The monoisotopic (exact) mass is 977 g/mol. The van der Waals surface area contributed by atoms with Crippen molar-refractivity contribution in [1.29, 1.82) is 0 Å². The average molecular weight is 977 g/mol. The lowest BCUT2D eigenvalue weighted by atomic mass is 9.75. The Bertz CT molecular complexity index is 2140. The third kappa shape index (κ3) is 17.7. The standard InChI is InChI=1S/C40H46O7.C13H26N2.C6H12N2.CH4/c1-39(2,30-9-17-35(18-10-30)44-24-37-26-46-37)28-5-13-33(14-6-28)42-22-21-32(41)23-43-34-15-7-29(8-16-34)40(3,4)31-11-19-36(20-12-31)45-25-38-27-47-38;14-12-5-1-3-10(8-12)7-11-4-2-6-13(15)9-11;1-3-8-5-4-7(2)6-8;/h5-20,32,37-38,41H,21-27H2,1-4H3;10-13H,1-9,14-15H2;4-5H,3,6H2,1-2H3;1H4. The van der Waals surface area contributed by atoms with Gasteiger partial charge < -0.3 is 54.8 Å². The van der Waals surface area contributed by atoms with Gasteiger partial charge in [0, 0.05) is 55.3 Å². The molecule has 4 fully saturated rings. The van der Waals surface area contributed by atoms with E-state index in [1.807, 2.05) is 48.5 Å². The molecule has 0 aromatic heterocycles. The molecule has 11 nitrogen and oxygen atoms in total. The number of nitrogens with zero attached hydrogens (tertiary/aromatic N) is 2. The minimum absolute atomic E-state index is 0. The summed E-state index contributed by atoms with van der Waals surface area (Å²) in [7, 11) is 2.08. The predicted octanol–water partition coefficient (Wildman–Crippen LogP) is 10.8. The van der Waals surface area contributed by atoms with Gasteiger partial charge in [-0.2, -0.15) is 0 Å². The fourth-order valence-corrected chi connectivity index (χ4v) is 9.86. The number of aliphatic hydroxyl groups is 1. The van der Waals surface area contributed by atoms with Crippen LogP contribution in [0, 0.1) is 11.8 Å². The highest BCUT2D eigenvalue weighted by atomic mass is 16.6. The van der Waals surface area contributed by atoms with Crippen molar-refractivity contribution < 1.29 is 33.5 Å². The minimum atomic E-state index is -0.639. The molecule has 0 spiro atoms. The van der Waals surface area contributed by atoms with E-state index in [0.29, 0.717) is 38.3 Å². The molecule has 7 unspecified atom stereocenters. The lowest BCUT2D eigenvalue weighted by molar-refractivity contribution is 0.0857. The molecule has 0 bridgehead atoms. The zero-order valence-electron chi connectivity index (χ0n) is 43.1. The van der Waals surface area contributed by atoms with Gasteiger partial charge in [0.2, 0.25) is 0 Å². The maximum Gasteiger partial charge on any atom is 0.119 e. The molecule has 4 aromatic carbocycles. The summed E-state index contributed by atoms with van der Waals surface area (Å²) in [5, 5.41) is 10.5. The van der Waals surface area contributed by atoms with E-state index in [2.05, 4.69) is 112 Å². The van der Waals surface area contributed by atoms with E-state index < -0.39 is 6.10 Å². The Balaban J connectivity index is 0.000000280. The largest absolute Gasteiger partial charge is 0.493 e. The molecule has 0 amide bonds. The van der Waals surface area contributed by atoms with Gasteiger partial charge in [-0.25, -0.2) is 0 Å². The molecule has 9 rings (SSSR count). The van der Waals surface area contributed by atoms with Gasteiger partial charge in [0.05, 0.1) is 32.6 Å². The van der Waals surface area contributed by atoms with Crippen LogP contribution in [0.5, 0.6) is 23.0 Å². The average Bonchev–Trinajstić information content (AvgIpc) is 4.32. The van der Waals surface area contributed by atoms with Crippen LogP contribution in [0.1, 0.15) is 129 Å². The van der Waals surface area contributed by atoms with E-state index in [-0.39, 0.29) is 37.1 Å². The number of rotatable bonds is 20. The van der Waals surface area contributed by atoms with Gasteiger partial charge in [-0.3, -0.25) is 0 Å². The van der Waals surface area contributed by atoms with Crippen LogP contribution in [-0.4, -0.2) is 105 Å². The van der Waals surface area contributed by atoms with Crippen molar-refractivity contribution in [1.82, 2.24) is 9.80 Å². The summed E-state index contributed by atoms with van der Waals surface area (Å²) in [4.78, 5) is 4.41. The maximum absolute atomic E-state index is 10.5. The van der Waals surface area contributed by atoms with Crippen LogP contribution in [0.15, 0.2) is 109 Å². The number of ether oxygens (including phenoxy) is 6. The van der Waals surface area contributed by atoms with Gasteiger partial charge >= 0.3 is 0 Å². The van der Waals surface area contributed by atoms with E-state index in [4.69, 9.17) is 39.9 Å². The second kappa shape index (κ2) is 26.8. The van der Waals surface area contributed by atoms with Gasteiger partial charge in [-0.05, 0) is 122 Å². The molecule has 2 saturated carbocycles. The maximum atomic E-state index is 10.5. The van der Waals surface area contributed by atoms with Crippen LogP contribution >= 0.6 is 0 Å². The van der Waals surface area contributed by atoms with Gasteiger partial charge in [-0.1, -0.05) is 109 Å². The fraction of sp³-hybridized carbons (Fsp3) is 0.567. The van der Waals surface area contributed by atoms with Gasteiger partial charge in [0.25, 0.3) is 0 Å². The smallest absolute Gasteiger partial charge is 0.119 e. The molecule has 3 aliphatic heterocycles. The molecule has 7 atom stereocenters. The molecule has 11 heteroatoms. The van der Waals surface area contributed by atoms with Crippen molar-refractivity contribution in [2.75, 3.05) is 59.9 Å². The lowest BCUT2D eigenvalue weighted by Gasteiger charge is -2.33. The first-order valence-corrected chi connectivity index (χ1v) is 26.2. The quantitative estimate of drug-likeness (QED) is 0.0729. The zero-order valence-corrected chi connectivity index (χ0v) is 43.1. The number of hydrogen-bond acceptors (Lipinski definition) is 11. The second-order valence-corrected chi connectivity index (χ2v) is 21.4. The molecule has 4 aromatic rings. The summed E-state index contributed by atoms with van der Waals surface area (Å²) < 4.78 is 33.8. The molecule has 0 radical (unpaired) electrons. The Morgan fingerprint density at radius 3 is 1.34 bits per heavy atom. The van der Waals surface area contributed by atoms with Gasteiger partial charge in [-0.15, -0.1) is 0 Å². The van der Waals surface area contributed by atoms with Crippen LogP contribution in [0.3, 0.4) is 0 Å². The Hall–Kier alpha value is -4.78. The van der Waals surface area contributed by atoms with E-state index in [1.54, 1.807) is 0 Å². The summed E-state index contributed by atoms with van der Waals surface area (Å²) in [5.41, 5.74) is 16.5. The molecule has 2 aliphatic carbocycles. The minimum Gasteiger partial charge on any atom is -0.493 e. The van der Waals surface area contributed by atoms with Crippen molar-refractivity contribution in [3.05, 3.63) is 132 Å². The molecule has 3 heterocycles. The fourth-order valence-electron chi connectivity index (χ4n) is 9.86. The number of nitrogens with two attached hydrogens (primary N) is 2. The first-order valence-electron chi connectivity index (χ1n) is 26.2. The third-order valence-corrected chi connectivity index (χ3v) is 14.8. The van der Waals surface area contributed by atoms with Crippen molar-refractivity contribution in [3.8, 4) is 23.0 Å². The van der Waals surface area contributed by atoms with Gasteiger partial charge in [0.15, 0.2) is 0 Å². The highest BCUT2D eigenvalue weighted by Crippen LogP contribution is 2.37. The molecule has 5 aliphatic rings. The number of hydrogen-bond donors (Lipinski definition) is 3. The molecule has 5 N–H and O–H groups in total. The first kappa shape index (κ1) is 55.5. The van der Waals surface area contributed by atoms with Crippen molar-refractivity contribution >= 4 is 0 Å². The summed E-state index contributed by atoms with van der Waals surface area (Å²) in [6.07, 6.45) is 16.5. The topological polar surface area (TPSA) is 141 Å². The van der Waals surface area contributed by atoms with Crippen LogP contribution in [-0.2, 0) is 20.3 Å². The first-order chi connectivity index (χ1) is 33.7. The summed E-state index contributed by atoms with van der Waals surface area (Å²) in [6, 6.07) is 33.8. The lowest BCUT2D eigenvalue weighted by Crippen LogP contribution is -2.32. The summed E-state index contributed by atoms with van der Waals surface area (Å²) >= 11 is 0. The van der Waals surface area contributed by atoms with E-state index in [9.17, 15) is 5.11 Å². The molecule has 390 valence electrons. The van der Waals surface area contributed by atoms with Crippen molar-refractivity contribution in [2.45, 2.75) is 147 Å². The van der Waals surface area contributed by atoms with E-state index in [0.717, 1.165) is 61.3 Å². The van der Waals surface area contributed by atoms with Gasteiger partial charge in [0.1, 0.15) is 55.0 Å². The highest BCUT2D eigenvalue weighted by Gasteiger charge is 2.28. The SMILES string of the molecule is C.CC(C)(c1ccc(OCCC(O)COc2ccc(C(C)(C)c3ccc(OCC4CO4)cc3)cc2)cc1)c1ccc(OCC2CO2)cc1.CCN1C=CN(C)C1.NC1CCCC(CC2CCCC(N)C2)C1. The van der Waals surface area contributed by atoms with Crippen molar-refractivity contribution in [3.63, 3.8) is 0 Å². The zero-order chi connectivity index (χ0) is 49.5. The predicted molar refractivity (Wildman–Crippen MR) is 287 cm³/mol. The normalized spacial score (nSPS) is 22.9. The molecular formula is C60H88N4O7. The van der Waals surface area contributed by atoms with Crippen molar-refractivity contribution in [2.24, 2.45) is 23.3 Å². The number of epoxide rings is 2. The Labute approximate surface area is 427 Å². The molecular weight excluding hydrogens is 889 g/mol. The number of benzene rings is 4. The van der Waals surface area contributed by atoms with Crippen LogP contribution < -0.4 is 30.4 Å². The summed E-state index contributed by atoms with van der Waals surface area (Å²) in [5.74, 6) is 5.03. The number of aliphatic hydroxyl groups excluding tert-OH is 1. The Morgan fingerprint density at radius 2 is 1.00 bits per heavy atom. The van der Waals surface area contributed by atoms with E-state index >= 15 is 0 Å². The molecule has 2 saturated heterocycles. The molecule has 71 heavy (non-hydrogen) atoms. The Kier molecular flexibility index (Phi) is 20.9. The third-order valence-electron chi connectivity index (χ3n) is 14.8. The van der Waals surface area contributed by atoms with Crippen LogP contribution in [0.4, 0.5) is 0 Å². The summed E-state index contributed by atoms with van der Waals surface area (Å²) in [6.45, 7) is 16.5. The Morgan fingerprint density at radius 1 is 0.606 bits per heavy atom. The van der Waals surface area contributed by atoms with Crippen LogP contribution in [0.25, 0.3) is 0 Å². The van der Waals surface area contributed by atoms with Crippen LogP contribution in [0.2, 0.25) is 0 Å².